The van der Waals surface area contributed by atoms with Gasteiger partial charge in [0.1, 0.15) is 5.76 Å². The molecule has 160 valence electrons. The molecule has 0 radical (unpaired) electrons. The van der Waals surface area contributed by atoms with Crippen LogP contribution in [0.15, 0.2) is 28.7 Å². The van der Waals surface area contributed by atoms with Crippen LogP contribution in [0.2, 0.25) is 0 Å². The van der Waals surface area contributed by atoms with Crippen molar-refractivity contribution in [3.8, 4) is 0 Å². The monoisotopic (exact) mass is 410 g/mol. The summed E-state index contributed by atoms with van der Waals surface area (Å²) in [6, 6.07) is 5.51. The number of aryl methyl sites for hydroxylation is 3. The highest BCUT2D eigenvalue weighted by Gasteiger charge is 2.38. The van der Waals surface area contributed by atoms with E-state index >= 15 is 0 Å². The van der Waals surface area contributed by atoms with Gasteiger partial charge in [-0.3, -0.25) is 9.69 Å². The summed E-state index contributed by atoms with van der Waals surface area (Å²) in [5.74, 6) is 0.790. The van der Waals surface area contributed by atoms with Gasteiger partial charge < -0.3 is 14.1 Å². The summed E-state index contributed by atoms with van der Waals surface area (Å²) in [4.78, 5) is 29.6. The number of carbonyl (C=O) groups is 2. The van der Waals surface area contributed by atoms with Crippen LogP contribution in [0.1, 0.15) is 60.2 Å². The predicted molar refractivity (Wildman–Crippen MR) is 119 cm³/mol. The lowest BCUT2D eigenvalue weighted by molar-refractivity contribution is 0.0953. The van der Waals surface area contributed by atoms with Gasteiger partial charge in [-0.15, -0.1) is 0 Å². The number of allylic oxidation sites excluding steroid dienone is 1. The number of hydrogen-bond donors (Lipinski definition) is 0. The number of rotatable bonds is 4. The third-order valence-corrected chi connectivity index (χ3v) is 5.59. The van der Waals surface area contributed by atoms with E-state index in [1.807, 2.05) is 58.9 Å². The van der Waals surface area contributed by atoms with Crippen LogP contribution in [0.3, 0.4) is 0 Å². The molecule has 0 aliphatic carbocycles. The summed E-state index contributed by atoms with van der Waals surface area (Å²) in [7, 11) is 0. The molecule has 2 heterocycles. The summed E-state index contributed by atoms with van der Waals surface area (Å²) < 4.78 is 11.1. The van der Waals surface area contributed by atoms with E-state index in [2.05, 4.69) is 0 Å². The molecule has 2 amide bonds. The van der Waals surface area contributed by atoms with Gasteiger partial charge in [-0.1, -0.05) is 19.1 Å². The molecule has 3 rings (SSSR count). The average molecular weight is 411 g/mol. The molecule has 1 atom stereocenters. The van der Waals surface area contributed by atoms with Crippen molar-refractivity contribution in [3.05, 3.63) is 52.5 Å². The van der Waals surface area contributed by atoms with Gasteiger partial charge in [-0.05, 0) is 70.4 Å². The van der Waals surface area contributed by atoms with E-state index in [0.717, 1.165) is 16.7 Å². The zero-order chi connectivity index (χ0) is 22.0. The minimum absolute atomic E-state index is 0.186. The number of ether oxygens (including phenoxy) is 1. The van der Waals surface area contributed by atoms with Crippen molar-refractivity contribution in [2.24, 2.45) is 0 Å². The standard InChI is InChI=1S/C24H30N2O4/c1-7-10-18-13-22(30-17(18)6)23(27)25-14-19(8-2)26(24(28)29-9-3)21-12-16(5)15(4)11-20(21)25/h7,10-13,19H,8-9,14H2,1-6H3/b10-7-. The van der Waals surface area contributed by atoms with E-state index in [0.29, 0.717) is 42.5 Å². The molecule has 0 bridgehead atoms. The fraction of sp³-hybridized carbons (Fsp3) is 0.417. The van der Waals surface area contributed by atoms with Crippen LogP contribution in [0.4, 0.5) is 16.2 Å². The van der Waals surface area contributed by atoms with Gasteiger partial charge in [0.15, 0.2) is 5.76 Å². The Kier molecular flexibility index (Phi) is 6.34. The molecule has 2 aromatic rings. The van der Waals surface area contributed by atoms with Crippen LogP contribution < -0.4 is 9.80 Å². The third-order valence-electron chi connectivity index (χ3n) is 5.59. The lowest BCUT2D eigenvalue weighted by Gasteiger charge is -2.41. The molecular weight excluding hydrogens is 380 g/mol. The first-order valence-corrected chi connectivity index (χ1v) is 10.4. The van der Waals surface area contributed by atoms with Gasteiger partial charge in [0.2, 0.25) is 0 Å². The molecule has 0 N–H and O–H groups in total. The third kappa shape index (κ3) is 3.86. The van der Waals surface area contributed by atoms with E-state index in [9.17, 15) is 9.59 Å². The summed E-state index contributed by atoms with van der Waals surface area (Å²) in [5.41, 5.74) is 4.38. The van der Waals surface area contributed by atoms with Gasteiger partial charge in [0.05, 0.1) is 24.0 Å². The second-order valence-corrected chi connectivity index (χ2v) is 7.59. The first-order valence-electron chi connectivity index (χ1n) is 10.4. The van der Waals surface area contributed by atoms with Gasteiger partial charge in [-0.25, -0.2) is 4.79 Å². The Balaban J connectivity index is 2.11. The topological polar surface area (TPSA) is 63.0 Å². The van der Waals surface area contributed by atoms with Crippen molar-refractivity contribution in [1.29, 1.82) is 0 Å². The number of furan rings is 1. The molecular formula is C24H30N2O4. The molecule has 6 heteroatoms. The van der Waals surface area contributed by atoms with Crippen molar-refractivity contribution in [2.45, 2.75) is 54.0 Å². The van der Waals surface area contributed by atoms with E-state index in [1.54, 1.807) is 22.8 Å². The van der Waals surface area contributed by atoms with Crippen LogP contribution in [-0.2, 0) is 4.74 Å². The second kappa shape index (κ2) is 8.78. The molecule has 1 aliphatic rings. The van der Waals surface area contributed by atoms with Crippen molar-refractivity contribution in [3.63, 3.8) is 0 Å². The highest BCUT2D eigenvalue weighted by molar-refractivity contribution is 6.09. The van der Waals surface area contributed by atoms with Gasteiger partial charge in [-0.2, -0.15) is 0 Å². The zero-order valence-electron chi connectivity index (χ0n) is 18.6. The maximum Gasteiger partial charge on any atom is 0.414 e. The number of anilines is 2. The molecule has 1 aliphatic heterocycles. The Morgan fingerprint density at radius 3 is 2.40 bits per heavy atom. The average Bonchev–Trinajstić information content (AvgIpc) is 3.08. The molecule has 1 aromatic carbocycles. The van der Waals surface area contributed by atoms with Crippen LogP contribution in [0.25, 0.3) is 6.08 Å². The maximum atomic E-state index is 13.5. The van der Waals surface area contributed by atoms with Gasteiger partial charge in [0.25, 0.3) is 5.91 Å². The minimum Gasteiger partial charge on any atom is -0.456 e. The first-order chi connectivity index (χ1) is 14.3. The van der Waals surface area contributed by atoms with Crippen LogP contribution >= 0.6 is 0 Å². The van der Waals surface area contributed by atoms with E-state index < -0.39 is 0 Å². The van der Waals surface area contributed by atoms with Crippen LogP contribution in [-0.4, -0.2) is 31.2 Å². The second-order valence-electron chi connectivity index (χ2n) is 7.59. The number of benzene rings is 1. The quantitative estimate of drug-likeness (QED) is 0.654. The Morgan fingerprint density at radius 2 is 1.80 bits per heavy atom. The smallest absolute Gasteiger partial charge is 0.414 e. The Hall–Kier alpha value is -3.02. The van der Waals surface area contributed by atoms with E-state index in [1.165, 1.54) is 0 Å². The largest absolute Gasteiger partial charge is 0.456 e. The number of carbonyl (C=O) groups excluding carboxylic acids is 2. The summed E-state index contributed by atoms with van der Waals surface area (Å²) >= 11 is 0. The van der Waals surface area contributed by atoms with Gasteiger partial charge in [0, 0.05) is 12.1 Å². The molecule has 1 unspecified atom stereocenters. The highest BCUT2D eigenvalue weighted by Crippen LogP contribution is 2.40. The van der Waals surface area contributed by atoms with Crippen molar-refractivity contribution in [2.75, 3.05) is 23.0 Å². The number of nitrogens with zero attached hydrogens (tertiary/aromatic N) is 2. The molecule has 30 heavy (non-hydrogen) atoms. The fourth-order valence-electron chi connectivity index (χ4n) is 3.81. The first kappa shape index (κ1) is 21.7. The molecule has 0 fully saturated rings. The summed E-state index contributed by atoms with van der Waals surface area (Å²) in [5, 5.41) is 0. The highest BCUT2D eigenvalue weighted by atomic mass is 16.6. The predicted octanol–water partition coefficient (Wildman–Crippen LogP) is 5.64. The van der Waals surface area contributed by atoms with Crippen molar-refractivity contribution in [1.82, 2.24) is 0 Å². The summed E-state index contributed by atoms with van der Waals surface area (Å²) in [6.45, 7) is 12.3. The normalized spacial score (nSPS) is 16.1. The number of fused-ring (bicyclic) bond motifs is 1. The SMILES string of the molecule is C/C=C\c1cc(C(=O)N2CC(CC)N(C(=O)OCC)c3cc(C)c(C)cc32)oc1C. The van der Waals surface area contributed by atoms with E-state index in [4.69, 9.17) is 9.15 Å². The van der Waals surface area contributed by atoms with Crippen molar-refractivity contribution < 1.29 is 18.7 Å². The Bertz CT molecular complexity index is 989. The van der Waals surface area contributed by atoms with E-state index in [-0.39, 0.29) is 18.0 Å². The molecule has 0 saturated heterocycles. The molecule has 0 spiro atoms. The number of hydrogen-bond acceptors (Lipinski definition) is 4. The van der Waals surface area contributed by atoms with Crippen molar-refractivity contribution >= 4 is 29.5 Å². The Labute approximate surface area is 178 Å². The molecule has 0 saturated carbocycles. The van der Waals surface area contributed by atoms with Crippen LogP contribution in [0, 0.1) is 20.8 Å². The molecule has 1 aromatic heterocycles. The lowest BCUT2D eigenvalue weighted by Crippen LogP contribution is -2.53. The lowest BCUT2D eigenvalue weighted by atomic mass is 10.00. The molecule has 6 nitrogen and oxygen atoms in total. The van der Waals surface area contributed by atoms with Crippen LogP contribution in [0.5, 0.6) is 0 Å². The summed E-state index contributed by atoms with van der Waals surface area (Å²) in [6.07, 6.45) is 4.14. The zero-order valence-corrected chi connectivity index (χ0v) is 18.6. The van der Waals surface area contributed by atoms with Gasteiger partial charge >= 0.3 is 6.09 Å². The minimum atomic E-state index is -0.384. The number of amides is 2. The fourth-order valence-corrected chi connectivity index (χ4v) is 3.81. The Morgan fingerprint density at radius 1 is 1.13 bits per heavy atom. The maximum absolute atomic E-state index is 13.5.